The van der Waals surface area contributed by atoms with E-state index in [1.165, 1.54) is 16.8 Å². The van der Waals surface area contributed by atoms with Crippen LogP contribution in [0.4, 0.5) is 9.59 Å². The van der Waals surface area contributed by atoms with E-state index in [-0.39, 0.29) is 19.1 Å². The fourth-order valence-electron chi connectivity index (χ4n) is 5.53. The number of rotatable bonds is 11. The molecule has 3 aromatic carbocycles. The SMILES string of the molecule is CN(C[C@@H](Cc1ccc(Cl)cc1)N(C)C(=O)OC(C)(C)C)C(=O)[C@@H](CC(=O)O)NC(=O)OCC1c2ccccc2-c2ccccc21. The topological polar surface area (TPSA) is 125 Å². The molecule has 0 fully saturated rings. The Morgan fingerprint density at radius 3 is 2.02 bits per heavy atom. The molecule has 0 heterocycles. The molecular formula is C35H40ClN3O7. The number of nitrogens with one attached hydrogen (secondary N) is 1. The second-order valence-corrected chi connectivity index (χ2v) is 12.9. The Kier molecular flexibility index (Phi) is 11.0. The number of benzene rings is 3. The summed E-state index contributed by atoms with van der Waals surface area (Å²) >= 11 is 6.05. The first-order chi connectivity index (χ1) is 21.7. The Hall–Kier alpha value is -4.57. The highest BCUT2D eigenvalue weighted by molar-refractivity contribution is 6.30. The molecule has 10 nitrogen and oxygen atoms in total. The molecule has 1 aliphatic rings. The highest BCUT2D eigenvalue weighted by Crippen LogP contribution is 2.44. The number of likely N-dealkylation sites (N-methyl/N-ethyl adjacent to an activating group) is 2. The molecule has 2 N–H and O–H groups in total. The number of nitrogens with zero attached hydrogens (tertiary/aromatic N) is 2. The number of halogens is 1. The summed E-state index contributed by atoms with van der Waals surface area (Å²) in [6.45, 7) is 5.31. The van der Waals surface area contributed by atoms with Crippen molar-refractivity contribution in [1.82, 2.24) is 15.1 Å². The lowest BCUT2D eigenvalue weighted by Gasteiger charge is -2.34. The lowest BCUT2D eigenvalue weighted by atomic mass is 9.98. The van der Waals surface area contributed by atoms with E-state index in [0.29, 0.717) is 11.4 Å². The standard InChI is InChI=1S/C35H40ClN3O7/c1-35(2,3)46-34(44)39(5)24(18-22-14-16-23(36)17-15-22)20-38(4)32(42)30(19-31(40)41)37-33(43)45-21-29-27-12-8-6-10-25(27)26-11-7-9-13-28(26)29/h6-17,24,29-30H,18-21H2,1-5H3,(H,37,43)(H,40,41)/t24-,30-/m1/s1. The minimum Gasteiger partial charge on any atom is -0.481 e. The fourth-order valence-corrected chi connectivity index (χ4v) is 5.65. The molecule has 0 bridgehead atoms. The number of carbonyl (C=O) groups is 4. The Labute approximate surface area is 274 Å². The number of amides is 3. The summed E-state index contributed by atoms with van der Waals surface area (Å²) in [4.78, 5) is 54.0. The van der Waals surface area contributed by atoms with Gasteiger partial charge >= 0.3 is 18.2 Å². The van der Waals surface area contributed by atoms with Gasteiger partial charge in [0.1, 0.15) is 18.2 Å². The van der Waals surface area contributed by atoms with Crippen molar-refractivity contribution >= 4 is 35.7 Å². The summed E-state index contributed by atoms with van der Waals surface area (Å²) in [5.41, 5.74) is 4.31. The van der Waals surface area contributed by atoms with Crippen LogP contribution in [0.2, 0.25) is 5.02 Å². The molecular weight excluding hydrogens is 610 g/mol. The molecule has 0 unspecified atom stereocenters. The van der Waals surface area contributed by atoms with Crippen LogP contribution in [0.25, 0.3) is 11.1 Å². The van der Waals surface area contributed by atoms with Crippen molar-refractivity contribution < 1.29 is 33.8 Å². The van der Waals surface area contributed by atoms with Gasteiger partial charge in [0.25, 0.3) is 0 Å². The maximum absolute atomic E-state index is 13.6. The lowest BCUT2D eigenvalue weighted by Crippen LogP contribution is -2.53. The van der Waals surface area contributed by atoms with Crippen LogP contribution in [-0.4, -0.2) is 83.9 Å². The Morgan fingerprint density at radius 2 is 1.48 bits per heavy atom. The van der Waals surface area contributed by atoms with Crippen LogP contribution < -0.4 is 5.32 Å². The van der Waals surface area contributed by atoms with Gasteiger partial charge in [-0.2, -0.15) is 0 Å². The number of fused-ring (bicyclic) bond motifs is 3. The van der Waals surface area contributed by atoms with Crippen molar-refractivity contribution in [3.63, 3.8) is 0 Å². The summed E-state index contributed by atoms with van der Waals surface area (Å²) < 4.78 is 11.1. The molecule has 244 valence electrons. The van der Waals surface area contributed by atoms with E-state index < -0.39 is 48.2 Å². The van der Waals surface area contributed by atoms with Gasteiger partial charge in [0.05, 0.1) is 12.5 Å². The first-order valence-electron chi connectivity index (χ1n) is 15.0. The van der Waals surface area contributed by atoms with E-state index in [2.05, 4.69) is 5.32 Å². The van der Waals surface area contributed by atoms with Crippen molar-refractivity contribution in [3.05, 3.63) is 94.5 Å². The van der Waals surface area contributed by atoms with Gasteiger partial charge in [0.2, 0.25) is 5.91 Å². The molecule has 1 aliphatic carbocycles. The van der Waals surface area contributed by atoms with E-state index in [1.54, 1.807) is 40.0 Å². The summed E-state index contributed by atoms with van der Waals surface area (Å²) in [7, 11) is 3.07. The zero-order chi connectivity index (χ0) is 33.6. The van der Waals surface area contributed by atoms with Gasteiger partial charge in [0.15, 0.2) is 0 Å². The predicted molar refractivity (Wildman–Crippen MR) is 175 cm³/mol. The Balaban J connectivity index is 1.45. The minimum atomic E-state index is -1.40. The van der Waals surface area contributed by atoms with Crippen molar-refractivity contribution in [2.24, 2.45) is 0 Å². The summed E-state index contributed by atoms with van der Waals surface area (Å²) in [5, 5.41) is 12.6. The largest absolute Gasteiger partial charge is 0.481 e. The van der Waals surface area contributed by atoms with Gasteiger partial charge in [-0.05, 0) is 67.1 Å². The molecule has 3 aromatic rings. The molecule has 46 heavy (non-hydrogen) atoms. The fraction of sp³-hybridized carbons (Fsp3) is 0.371. The molecule has 2 atom stereocenters. The van der Waals surface area contributed by atoms with Crippen LogP contribution in [0.3, 0.4) is 0 Å². The third kappa shape index (κ3) is 8.78. The van der Waals surface area contributed by atoms with Gasteiger partial charge in [-0.3, -0.25) is 9.59 Å². The Bertz CT molecular complexity index is 1530. The molecule has 0 saturated carbocycles. The quantitative estimate of drug-likeness (QED) is 0.263. The van der Waals surface area contributed by atoms with E-state index in [1.807, 2.05) is 60.7 Å². The number of alkyl carbamates (subject to hydrolysis) is 1. The van der Waals surface area contributed by atoms with Crippen LogP contribution >= 0.6 is 11.6 Å². The molecule has 0 aromatic heterocycles. The zero-order valence-electron chi connectivity index (χ0n) is 26.7. The third-order valence-corrected chi connectivity index (χ3v) is 8.04. The third-order valence-electron chi connectivity index (χ3n) is 7.79. The van der Waals surface area contributed by atoms with E-state index in [4.69, 9.17) is 21.1 Å². The highest BCUT2D eigenvalue weighted by atomic mass is 35.5. The van der Waals surface area contributed by atoms with Crippen molar-refractivity contribution in [1.29, 1.82) is 0 Å². The van der Waals surface area contributed by atoms with E-state index in [9.17, 15) is 24.3 Å². The predicted octanol–water partition coefficient (Wildman–Crippen LogP) is 5.96. The average Bonchev–Trinajstić information content (AvgIpc) is 3.32. The second-order valence-electron chi connectivity index (χ2n) is 12.4. The summed E-state index contributed by atoms with van der Waals surface area (Å²) in [6.07, 6.45) is -1.78. The number of hydrogen-bond donors (Lipinski definition) is 2. The normalized spacial score (nSPS) is 13.5. The number of hydrogen-bond acceptors (Lipinski definition) is 6. The van der Waals surface area contributed by atoms with Crippen molar-refractivity contribution in [3.8, 4) is 11.1 Å². The number of carboxylic acid groups (broad SMARTS) is 1. The first-order valence-corrected chi connectivity index (χ1v) is 15.4. The highest BCUT2D eigenvalue weighted by Gasteiger charge is 2.33. The molecule has 4 rings (SSSR count). The maximum atomic E-state index is 13.6. The molecule has 0 radical (unpaired) electrons. The van der Waals surface area contributed by atoms with Crippen LogP contribution in [0.15, 0.2) is 72.8 Å². The van der Waals surface area contributed by atoms with Crippen LogP contribution in [0.5, 0.6) is 0 Å². The number of ether oxygens (including phenoxy) is 2. The summed E-state index contributed by atoms with van der Waals surface area (Å²) in [6, 6.07) is 20.9. The van der Waals surface area contributed by atoms with Crippen LogP contribution in [0.1, 0.15) is 49.8 Å². The number of carboxylic acids is 1. The molecule has 0 aliphatic heterocycles. The zero-order valence-corrected chi connectivity index (χ0v) is 27.4. The number of aliphatic carboxylic acids is 1. The van der Waals surface area contributed by atoms with Gasteiger partial charge in [0, 0.05) is 31.6 Å². The molecule has 0 spiro atoms. The van der Waals surface area contributed by atoms with Gasteiger partial charge < -0.3 is 29.7 Å². The van der Waals surface area contributed by atoms with Crippen LogP contribution in [0, 0.1) is 0 Å². The second kappa shape index (κ2) is 14.7. The Morgan fingerprint density at radius 1 is 0.913 bits per heavy atom. The first kappa shape index (κ1) is 34.3. The molecule has 0 saturated heterocycles. The minimum absolute atomic E-state index is 0.00747. The monoisotopic (exact) mass is 649 g/mol. The van der Waals surface area contributed by atoms with Crippen molar-refractivity contribution in [2.75, 3.05) is 27.2 Å². The van der Waals surface area contributed by atoms with Gasteiger partial charge in [-0.15, -0.1) is 0 Å². The lowest BCUT2D eigenvalue weighted by molar-refractivity contribution is -0.142. The van der Waals surface area contributed by atoms with Crippen LogP contribution in [-0.2, 0) is 25.5 Å². The molecule has 3 amide bonds. The van der Waals surface area contributed by atoms with Gasteiger partial charge in [-0.25, -0.2) is 9.59 Å². The van der Waals surface area contributed by atoms with E-state index in [0.717, 1.165) is 27.8 Å². The molecule has 11 heteroatoms. The number of carbonyl (C=O) groups excluding carboxylic acids is 3. The van der Waals surface area contributed by atoms with Crippen molar-refractivity contribution in [2.45, 2.75) is 57.2 Å². The average molecular weight is 650 g/mol. The van der Waals surface area contributed by atoms with Gasteiger partial charge in [-0.1, -0.05) is 72.3 Å². The summed E-state index contributed by atoms with van der Waals surface area (Å²) in [5.74, 6) is -2.12. The maximum Gasteiger partial charge on any atom is 0.410 e. The van der Waals surface area contributed by atoms with E-state index >= 15 is 0 Å². The smallest absolute Gasteiger partial charge is 0.410 e.